The molecule has 0 saturated heterocycles. The SMILES string of the molecule is COC(=O)CCCN(C)c1ncnc2sc(C)cc12. The summed E-state index contributed by atoms with van der Waals surface area (Å²) in [5, 5.41) is 1.07. The van der Waals surface area contributed by atoms with Gasteiger partial charge in [-0.1, -0.05) is 0 Å². The Morgan fingerprint density at radius 3 is 3.00 bits per heavy atom. The Morgan fingerprint density at radius 1 is 1.47 bits per heavy atom. The second-order valence-corrected chi connectivity index (χ2v) is 5.61. The van der Waals surface area contributed by atoms with E-state index in [1.165, 1.54) is 12.0 Å². The molecule has 5 nitrogen and oxygen atoms in total. The van der Waals surface area contributed by atoms with Crippen molar-refractivity contribution in [1.29, 1.82) is 0 Å². The fraction of sp³-hybridized carbons (Fsp3) is 0.462. The normalized spacial score (nSPS) is 10.7. The van der Waals surface area contributed by atoms with Crippen LogP contribution in [0.5, 0.6) is 0 Å². The summed E-state index contributed by atoms with van der Waals surface area (Å²) in [5.41, 5.74) is 0. The van der Waals surface area contributed by atoms with Crippen LogP contribution in [0.4, 0.5) is 5.82 Å². The van der Waals surface area contributed by atoms with Crippen LogP contribution in [-0.2, 0) is 9.53 Å². The van der Waals surface area contributed by atoms with Crippen molar-refractivity contribution in [1.82, 2.24) is 9.97 Å². The van der Waals surface area contributed by atoms with E-state index in [4.69, 9.17) is 0 Å². The standard InChI is InChI=1S/C13H17N3O2S/c1-9-7-10-12(14-8-15-13(10)19-9)16(2)6-4-5-11(17)18-3/h7-8H,4-6H2,1-3H3. The van der Waals surface area contributed by atoms with Crippen LogP contribution in [0.1, 0.15) is 17.7 Å². The highest BCUT2D eigenvalue weighted by atomic mass is 32.1. The molecule has 19 heavy (non-hydrogen) atoms. The number of fused-ring (bicyclic) bond motifs is 1. The molecule has 2 rings (SSSR count). The maximum Gasteiger partial charge on any atom is 0.305 e. The van der Waals surface area contributed by atoms with Gasteiger partial charge in [0.25, 0.3) is 0 Å². The van der Waals surface area contributed by atoms with Crippen LogP contribution < -0.4 is 4.90 Å². The van der Waals surface area contributed by atoms with E-state index in [1.807, 2.05) is 7.05 Å². The Kier molecular flexibility index (Phi) is 4.31. The summed E-state index contributed by atoms with van der Waals surface area (Å²) in [7, 11) is 3.39. The van der Waals surface area contributed by atoms with Gasteiger partial charge in [0.05, 0.1) is 12.5 Å². The lowest BCUT2D eigenvalue weighted by Crippen LogP contribution is -2.20. The van der Waals surface area contributed by atoms with Crippen molar-refractivity contribution in [2.24, 2.45) is 0 Å². The van der Waals surface area contributed by atoms with Crippen molar-refractivity contribution in [3.63, 3.8) is 0 Å². The van der Waals surface area contributed by atoms with Crippen LogP contribution in [0, 0.1) is 6.92 Å². The average Bonchev–Trinajstić information content (AvgIpc) is 2.78. The number of thiophene rings is 1. The van der Waals surface area contributed by atoms with Crippen LogP contribution in [0.25, 0.3) is 10.2 Å². The molecule has 102 valence electrons. The molecule has 0 bridgehead atoms. The predicted octanol–water partition coefficient (Wildman–Crippen LogP) is 2.39. The summed E-state index contributed by atoms with van der Waals surface area (Å²) >= 11 is 1.66. The summed E-state index contributed by atoms with van der Waals surface area (Å²) in [6, 6.07) is 2.10. The van der Waals surface area contributed by atoms with Crippen LogP contribution in [0.3, 0.4) is 0 Å². The van der Waals surface area contributed by atoms with E-state index in [0.717, 1.165) is 29.0 Å². The van der Waals surface area contributed by atoms with E-state index in [1.54, 1.807) is 17.7 Å². The summed E-state index contributed by atoms with van der Waals surface area (Å²) in [6.07, 6.45) is 2.76. The summed E-state index contributed by atoms with van der Waals surface area (Å²) in [6.45, 7) is 2.82. The topological polar surface area (TPSA) is 55.3 Å². The zero-order valence-electron chi connectivity index (χ0n) is 11.3. The van der Waals surface area contributed by atoms with Gasteiger partial charge < -0.3 is 9.64 Å². The molecule has 2 aromatic heterocycles. The van der Waals surface area contributed by atoms with Crippen molar-refractivity contribution in [2.75, 3.05) is 25.6 Å². The number of anilines is 1. The molecule has 0 amide bonds. The van der Waals surface area contributed by atoms with E-state index in [-0.39, 0.29) is 5.97 Å². The van der Waals surface area contributed by atoms with Gasteiger partial charge in [-0.3, -0.25) is 4.79 Å². The fourth-order valence-corrected chi connectivity index (χ4v) is 2.78. The van der Waals surface area contributed by atoms with Crippen molar-refractivity contribution in [3.8, 4) is 0 Å². The van der Waals surface area contributed by atoms with Gasteiger partial charge in [0.1, 0.15) is 17.0 Å². The second-order valence-electron chi connectivity index (χ2n) is 4.37. The van der Waals surface area contributed by atoms with Crippen molar-refractivity contribution >= 4 is 33.3 Å². The lowest BCUT2D eigenvalue weighted by molar-refractivity contribution is -0.140. The van der Waals surface area contributed by atoms with Crippen molar-refractivity contribution in [2.45, 2.75) is 19.8 Å². The van der Waals surface area contributed by atoms with Crippen molar-refractivity contribution < 1.29 is 9.53 Å². The summed E-state index contributed by atoms with van der Waals surface area (Å²) in [5.74, 6) is 0.742. The van der Waals surface area contributed by atoms with Crippen LogP contribution in [0.15, 0.2) is 12.4 Å². The van der Waals surface area contributed by atoms with Gasteiger partial charge in [-0.05, 0) is 19.4 Å². The maximum absolute atomic E-state index is 11.1. The third-order valence-corrected chi connectivity index (χ3v) is 3.85. The van der Waals surface area contributed by atoms with E-state index in [0.29, 0.717) is 6.42 Å². The molecule has 0 N–H and O–H groups in total. The van der Waals surface area contributed by atoms with Gasteiger partial charge in [0.2, 0.25) is 0 Å². The molecule has 0 aliphatic carbocycles. The highest BCUT2D eigenvalue weighted by Gasteiger charge is 2.11. The van der Waals surface area contributed by atoms with Gasteiger partial charge in [0, 0.05) is 24.9 Å². The first-order valence-electron chi connectivity index (χ1n) is 6.11. The highest BCUT2D eigenvalue weighted by molar-refractivity contribution is 7.18. The molecule has 2 heterocycles. The molecule has 0 aliphatic heterocycles. The van der Waals surface area contributed by atoms with E-state index < -0.39 is 0 Å². The number of carbonyl (C=O) groups is 1. The van der Waals surface area contributed by atoms with Crippen LogP contribution >= 0.6 is 11.3 Å². The van der Waals surface area contributed by atoms with E-state index >= 15 is 0 Å². The lowest BCUT2D eigenvalue weighted by atomic mass is 10.2. The molecule has 2 aromatic rings. The number of aromatic nitrogens is 2. The second kappa shape index (κ2) is 5.97. The van der Waals surface area contributed by atoms with Gasteiger partial charge in [0.15, 0.2) is 0 Å². The number of ether oxygens (including phenoxy) is 1. The van der Waals surface area contributed by atoms with Crippen molar-refractivity contribution in [3.05, 3.63) is 17.3 Å². The molecule has 0 atom stereocenters. The third-order valence-electron chi connectivity index (χ3n) is 2.90. The first-order chi connectivity index (χ1) is 9.11. The van der Waals surface area contributed by atoms with Crippen LogP contribution in [0.2, 0.25) is 0 Å². The fourth-order valence-electron chi connectivity index (χ4n) is 1.94. The Balaban J connectivity index is 2.08. The largest absolute Gasteiger partial charge is 0.469 e. The molecular formula is C13H17N3O2S. The molecule has 0 radical (unpaired) electrons. The molecule has 0 saturated carbocycles. The van der Waals surface area contributed by atoms with E-state index in [2.05, 4.69) is 32.6 Å². The minimum absolute atomic E-state index is 0.174. The Labute approximate surface area is 116 Å². The smallest absolute Gasteiger partial charge is 0.305 e. The molecule has 0 spiro atoms. The quantitative estimate of drug-likeness (QED) is 0.787. The van der Waals surface area contributed by atoms with Crippen LogP contribution in [-0.4, -0.2) is 36.6 Å². The molecular weight excluding hydrogens is 262 g/mol. The molecule has 0 fully saturated rings. The number of nitrogens with zero attached hydrogens (tertiary/aromatic N) is 3. The van der Waals surface area contributed by atoms with Gasteiger partial charge in [-0.25, -0.2) is 9.97 Å². The number of methoxy groups -OCH3 is 1. The third kappa shape index (κ3) is 3.20. The Hall–Kier alpha value is -1.69. The number of carbonyl (C=O) groups excluding carboxylic acids is 1. The number of hydrogen-bond acceptors (Lipinski definition) is 6. The molecule has 0 aliphatic rings. The summed E-state index contributed by atoms with van der Waals surface area (Å²) < 4.78 is 4.63. The lowest BCUT2D eigenvalue weighted by Gasteiger charge is -2.18. The zero-order valence-corrected chi connectivity index (χ0v) is 12.2. The predicted molar refractivity (Wildman–Crippen MR) is 76.7 cm³/mol. The minimum Gasteiger partial charge on any atom is -0.469 e. The van der Waals surface area contributed by atoms with Gasteiger partial charge in [-0.2, -0.15) is 0 Å². The van der Waals surface area contributed by atoms with Gasteiger partial charge >= 0.3 is 5.97 Å². The number of rotatable bonds is 5. The first kappa shape index (κ1) is 13.7. The minimum atomic E-state index is -0.174. The molecule has 0 aromatic carbocycles. The number of aryl methyl sites for hydroxylation is 1. The zero-order chi connectivity index (χ0) is 13.8. The molecule has 0 unspecified atom stereocenters. The highest BCUT2D eigenvalue weighted by Crippen LogP contribution is 2.29. The summed E-state index contributed by atoms with van der Waals surface area (Å²) in [4.78, 5) is 24.0. The number of esters is 1. The monoisotopic (exact) mass is 279 g/mol. The maximum atomic E-state index is 11.1. The average molecular weight is 279 g/mol. The number of hydrogen-bond donors (Lipinski definition) is 0. The first-order valence-corrected chi connectivity index (χ1v) is 6.92. The van der Waals surface area contributed by atoms with Gasteiger partial charge in [-0.15, -0.1) is 11.3 Å². The Morgan fingerprint density at radius 2 is 2.26 bits per heavy atom. The Bertz CT molecular complexity index is 582. The van der Waals surface area contributed by atoms with E-state index in [9.17, 15) is 4.79 Å². The molecule has 6 heteroatoms.